The van der Waals surface area contributed by atoms with E-state index in [0.29, 0.717) is 36.8 Å². The molecular weight excluding hydrogens is 350 g/mol. The number of pyridine rings is 1. The van der Waals surface area contributed by atoms with Crippen molar-refractivity contribution >= 4 is 5.97 Å². The lowest BCUT2D eigenvalue weighted by Crippen LogP contribution is -2.25. The minimum Gasteiger partial charge on any atom is -0.493 e. The van der Waals surface area contributed by atoms with Gasteiger partial charge in [-0.15, -0.1) is 0 Å². The van der Waals surface area contributed by atoms with Gasteiger partial charge in [-0.1, -0.05) is 6.92 Å². The van der Waals surface area contributed by atoms with Gasteiger partial charge in [0.2, 0.25) is 0 Å². The van der Waals surface area contributed by atoms with Gasteiger partial charge < -0.3 is 23.9 Å². The van der Waals surface area contributed by atoms with Crippen LogP contribution in [0.1, 0.15) is 35.3 Å². The highest BCUT2D eigenvalue weighted by Gasteiger charge is 2.26. The van der Waals surface area contributed by atoms with Crippen LogP contribution >= 0.6 is 0 Å². The summed E-state index contributed by atoms with van der Waals surface area (Å²) in [5.74, 6) is -0.0300. The molecule has 0 saturated carbocycles. The van der Waals surface area contributed by atoms with Gasteiger partial charge in [-0.25, -0.2) is 4.79 Å². The lowest BCUT2D eigenvalue weighted by Gasteiger charge is -2.31. The number of carboxylic acids is 1. The third-order valence-electron chi connectivity index (χ3n) is 4.84. The van der Waals surface area contributed by atoms with Gasteiger partial charge in [0, 0.05) is 31.0 Å². The highest BCUT2D eigenvalue weighted by atomic mass is 16.5. The van der Waals surface area contributed by atoms with Gasteiger partial charge >= 0.3 is 5.97 Å². The van der Waals surface area contributed by atoms with Crippen LogP contribution in [0.3, 0.4) is 0 Å². The van der Waals surface area contributed by atoms with Gasteiger partial charge in [0.15, 0.2) is 16.9 Å². The van der Waals surface area contributed by atoms with Crippen LogP contribution in [0, 0.1) is 0 Å². The van der Waals surface area contributed by atoms with Gasteiger partial charge in [0.05, 0.1) is 19.4 Å². The van der Waals surface area contributed by atoms with Crippen molar-refractivity contribution in [3.05, 3.63) is 45.7 Å². The average Bonchev–Trinajstić information content (AvgIpc) is 2.66. The van der Waals surface area contributed by atoms with E-state index in [4.69, 9.17) is 14.2 Å². The summed E-state index contributed by atoms with van der Waals surface area (Å²) < 4.78 is 18.1. The van der Waals surface area contributed by atoms with Gasteiger partial charge in [-0.3, -0.25) is 4.79 Å². The van der Waals surface area contributed by atoms with Crippen LogP contribution in [-0.2, 0) is 11.2 Å². The van der Waals surface area contributed by atoms with Crippen molar-refractivity contribution in [3.8, 4) is 22.8 Å². The first-order valence-electron chi connectivity index (χ1n) is 8.82. The lowest BCUT2D eigenvalue weighted by atomic mass is 9.90. The summed E-state index contributed by atoms with van der Waals surface area (Å²) in [7, 11) is 3.17. The van der Waals surface area contributed by atoms with Crippen LogP contribution in [0.5, 0.6) is 11.5 Å². The second-order valence-corrected chi connectivity index (χ2v) is 6.42. The molecule has 1 atom stereocenters. The number of carboxylic acid groups (broad SMARTS) is 1. The first kappa shape index (κ1) is 19.0. The maximum absolute atomic E-state index is 12.3. The minimum absolute atomic E-state index is 0.0615. The van der Waals surface area contributed by atoms with Crippen molar-refractivity contribution in [3.63, 3.8) is 0 Å². The molecule has 0 aliphatic carbocycles. The maximum Gasteiger partial charge on any atom is 0.341 e. The number of aromatic nitrogens is 1. The smallest absolute Gasteiger partial charge is 0.341 e. The molecule has 0 radical (unpaired) electrons. The van der Waals surface area contributed by atoms with E-state index in [1.54, 1.807) is 14.2 Å². The Hall–Kier alpha value is -2.80. The molecule has 2 heterocycles. The molecule has 0 fully saturated rings. The number of hydrogen-bond donors (Lipinski definition) is 1. The fraction of sp³-hybridized carbons (Fsp3) is 0.400. The number of methoxy groups -OCH3 is 2. The first-order valence-corrected chi connectivity index (χ1v) is 8.82. The van der Waals surface area contributed by atoms with Gasteiger partial charge in [-0.05, 0) is 30.5 Å². The zero-order chi connectivity index (χ0) is 19.6. The standard InChI is InChI=1S/C20H23NO6/c1-4-13-7-12-8-19(27-6-5-25-2)18(26-3)9-14(12)16-10-17(22)15(20(23)24)11-21(13)16/h8-11,13H,4-7H2,1-3H3,(H,23,24)/t13-/m0/s1. The van der Waals surface area contributed by atoms with E-state index >= 15 is 0 Å². The number of ether oxygens (including phenoxy) is 3. The number of carbonyl (C=O) groups is 1. The SMILES string of the molecule is CC[C@H]1Cc2cc(OCCOC)c(OC)cc2-c2cc(=O)c(C(=O)O)cn21. The molecule has 27 heavy (non-hydrogen) atoms. The molecule has 1 aromatic heterocycles. The highest BCUT2D eigenvalue weighted by Crippen LogP contribution is 2.41. The second kappa shape index (κ2) is 7.84. The Bertz CT molecular complexity index is 917. The van der Waals surface area contributed by atoms with E-state index < -0.39 is 11.4 Å². The van der Waals surface area contributed by atoms with E-state index in [1.165, 1.54) is 12.3 Å². The Balaban J connectivity index is 2.14. The Morgan fingerprint density at radius 2 is 2.00 bits per heavy atom. The molecule has 0 spiro atoms. The van der Waals surface area contributed by atoms with Gasteiger partial charge in [0.1, 0.15) is 12.2 Å². The monoisotopic (exact) mass is 373 g/mol. The number of benzene rings is 1. The molecule has 0 amide bonds. The molecule has 1 aliphatic rings. The zero-order valence-electron chi connectivity index (χ0n) is 15.7. The number of rotatable bonds is 7. The molecule has 1 N–H and O–H groups in total. The number of fused-ring (bicyclic) bond motifs is 3. The van der Waals surface area contributed by atoms with Crippen molar-refractivity contribution in [1.82, 2.24) is 4.57 Å². The van der Waals surface area contributed by atoms with E-state index in [0.717, 1.165) is 17.5 Å². The molecule has 1 aromatic carbocycles. The van der Waals surface area contributed by atoms with Crippen LogP contribution in [0.25, 0.3) is 11.3 Å². The largest absolute Gasteiger partial charge is 0.493 e. The van der Waals surface area contributed by atoms with Crippen molar-refractivity contribution in [2.75, 3.05) is 27.4 Å². The van der Waals surface area contributed by atoms with Crippen LogP contribution < -0.4 is 14.9 Å². The van der Waals surface area contributed by atoms with E-state index in [-0.39, 0.29) is 11.6 Å². The zero-order valence-corrected chi connectivity index (χ0v) is 15.7. The predicted octanol–water partition coefficient (Wildman–Crippen LogP) is 2.75. The molecule has 0 unspecified atom stereocenters. The summed E-state index contributed by atoms with van der Waals surface area (Å²) in [5.41, 5.74) is 1.87. The van der Waals surface area contributed by atoms with Crippen LogP contribution in [0.15, 0.2) is 29.2 Å². The highest BCUT2D eigenvalue weighted by molar-refractivity contribution is 5.87. The number of hydrogen-bond acceptors (Lipinski definition) is 5. The average molecular weight is 373 g/mol. The second-order valence-electron chi connectivity index (χ2n) is 6.42. The Labute approximate surface area is 157 Å². The van der Waals surface area contributed by atoms with Gasteiger partial charge in [-0.2, -0.15) is 0 Å². The van der Waals surface area contributed by atoms with Crippen LogP contribution in [0.2, 0.25) is 0 Å². The van der Waals surface area contributed by atoms with Crippen molar-refractivity contribution in [1.29, 1.82) is 0 Å². The molecule has 144 valence electrons. The molecule has 1 aliphatic heterocycles. The molecule has 0 saturated heterocycles. The van der Waals surface area contributed by atoms with Crippen LogP contribution in [-0.4, -0.2) is 43.1 Å². The Morgan fingerprint density at radius 3 is 2.63 bits per heavy atom. The topological polar surface area (TPSA) is 87.0 Å². The van der Waals surface area contributed by atoms with E-state index in [9.17, 15) is 14.7 Å². The van der Waals surface area contributed by atoms with Gasteiger partial charge in [0.25, 0.3) is 0 Å². The van der Waals surface area contributed by atoms with Crippen LogP contribution in [0.4, 0.5) is 0 Å². The van der Waals surface area contributed by atoms with Crippen molar-refractivity contribution in [2.24, 2.45) is 0 Å². The molecule has 3 rings (SSSR count). The fourth-order valence-corrected chi connectivity index (χ4v) is 3.44. The number of aromatic carboxylic acids is 1. The molecule has 0 bridgehead atoms. The minimum atomic E-state index is -1.21. The third-order valence-corrected chi connectivity index (χ3v) is 4.84. The molecule has 2 aromatic rings. The summed E-state index contributed by atoms with van der Waals surface area (Å²) in [6.45, 7) is 2.91. The van der Waals surface area contributed by atoms with E-state index in [1.807, 2.05) is 23.6 Å². The fourth-order valence-electron chi connectivity index (χ4n) is 3.44. The molecular formula is C20H23NO6. The molecule has 7 heteroatoms. The quantitative estimate of drug-likeness (QED) is 0.751. The Morgan fingerprint density at radius 1 is 1.22 bits per heavy atom. The lowest BCUT2D eigenvalue weighted by molar-refractivity contribution is 0.0694. The first-order chi connectivity index (χ1) is 13.0. The summed E-state index contributed by atoms with van der Waals surface area (Å²) >= 11 is 0. The predicted molar refractivity (Wildman–Crippen MR) is 100 cm³/mol. The van der Waals surface area contributed by atoms with E-state index in [2.05, 4.69) is 0 Å². The summed E-state index contributed by atoms with van der Waals surface area (Å²) in [4.78, 5) is 23.6. The Kier molecular flexibility index (Phi) is 5.51. The number of nitrogens with zero attached hydrogens (tertiary/aromatic N) is 1. The molecule has 7 nitrogen and oxygen atoms in total. The third kappa shape index (κ3) is 3.55. The summed E-state index contributed by atoms with van der Waals surface area (Å²) in [5, 5.41) is 9.28. The van der Waals surface area contributed by atoms with Crippen molar-refractivity contribution in [2.45, 2.75) is 25.8 Å². The maximum atomic E-state index is 12.3. The van der Waals surface area contributed by atoms with Crippen molar-refractivity contribution < 1.29 is 24.1 Å². The summed E-state index contributed by atoms with van der Waals surface area (Å²) in [6, 6.07) is 5.24. The summed E-state index contributed by atoms with van der Waals surface area (Å²) in [6.07, 6.45) is 2.97. The normalized spacial score (nSPS) is 15.0.